The van der Waals surface area contributed by atoms with Crippen molar-refractivity contribution in [1.82, 2.24) is 9.88 Å². The number of nitrogens with zero attached hydrogens (tertiary/aromatic N) is 3. The van der Waals surface area contributed by atoms with Crippen molar-refractivity contribution >= 4 is 17.6 Å². The Morgan fingerprint density at radius 3 is 2.49 bits per heavy atom. The lowest BCUT2D eigenvalue weighted by Gasteiger charge is -2.42. The molecule has 2 aromatic carbocycles. The number of amides is 1. The summed E-state index contributed by atoms with van der Waals surface area (Å²) in [4.78, 5) is 32.6. The number of aromatic carboxylic acids is 1. The number of pyridine rings is 1. The first-order valence-electron chi connectivity index (χ1n) is 12.9. The number of carboxylic acid groups (broad SMARTS) is 1. The van der Waals surface area contributed by atoms with Gasteiger partial charge < -0.3 is 20.6 Å². The lowest BCUT2D eigenvalue weighted by Crippen LogP contribution is -2.47. The summed E-state index contributed by atoms with van der Waals surface area (Å²) in [7, 11) is 0. The van der Waals surface area contributed by atoms with Gasteiger partial charge in [0.1, 0.15) is 0 Å². The quantitative estimate of drug-likeness (QED) is 0.419. The van der Waals surface area contributed by atoms with Crippen LogP contribution in [0.1, 0.15) is 63.6 Å². The van der Waals surface area contributed by atoms with Crippen molar-refractivity contribution in [2.45, 2.75) is 58.2 Å². The fourth-order valence-corrected chi connectivity index (χ4v) is 5.24. The molecular weight excluding hydrogens is 464 g/mol. The molecule has 194 valence electrons. The van der Waals surface area contributed by atoms with E-state index in [0.29, 0.717) is 29.6 Å². The molecule has 1 atom stereocenters. The minimum atomic E-state index is -0.982. The third-order valence-electron chi connectivity index (χ3n) is 7.59. The van der Waals surface area contributed by atoms with Gasteiger partial charge in [-0.3, -0.25) is 9.78 Å². The van der Waals surface area contributed by atoms with Gasteiger partial charge in [0.05, 0.1) is 5.56 Å². The highest BCUT2D eigenvalue weighted by atomic mass is 16.4. The van der Waals surface area contributed by atoms with E-state index in [4.69, 9.17) is 5.73 Å². The molecule has 0 bridgehead atoms. The van der Waals surface area contributed by atoms with Crippen LogP contribution >= 0.6 is 0 Å². The molecule has 0 unspecified atom stereocenters. The summed E-state index contributed by atoms with van der Waals surface area (Å²) in [6, 6.07) is 18.0. The van der Waals surface area contributed by atoms with Crippen LogP contribution in [-0.2, 0) is 13.0 Å². The molecule has 2 heterocycles. The molecule has 0 radical (unpaired) electrons. The number of primary amides is 1. The number of anilines is 1. The van der Waals surface area contributed by atoms with E-state index in [1.54, 1.807) is 6.07 Å². The zero-order chi connectivity index (χ0) is 26.4. The van der Waals surface area contributed by atoms with Crippen molar-refractivity contribution < 1.29 is 14.7 Å². The first kappa shape index (κ1) is 26.4. The van der Waals surface area contributed by atoms with Crippen LogP contribution in [0.5, 0.6) is 0 Å². The normalized spacial score (nSPS) is 15.3. The number of rotatable bonds is 10. The van der Waals surface area contributed by atoms with Crippen LogP contribution in [0.3, 0.4) is 0 Å². The molecule has 0 spiro atoms. The molecule has 7 nitrogen and oxygen atoms in total. The molecule has 0 saturated carbocycles. The molecule has 1 aromatic heterocycles. The van der Waals surface area contributed by atoms with Crippen LogP contribution < -0.4 is 10.6 Å². The number of hydrogen-bond acceptors (Lipinski definition) is 5. The topological polar surface area (TPSA) is 99.8 Å². The van der Waals surface area contributed by atoms with Gasteiger partial charge in [-0.25, -0.2) is 4.79 Å². The number of benzene rings is 2. The molecule has 7 heteroatoms. The first-order valence-corrected chi connectivity index (χ1v) is 12.9. The fraction of sp³-hybridized carbons (Fsp3) is 0.367. The second-order valence-electron chi connectivity index (χ2n) is 9.96. The molecule has 1 amide bonds. The maximum Gasteiger partial charge on any atom is 0.335 e. The summed E-state index contributed by atoms with van der Waals surface area (Å²) >= 11 is 0. The van der Waals surface area contributed by atoms with E-state index in [9.17, 15) is 14.7 Å². The highest BCUT2D eigenvalue weighted by Gasteiger charge is 2.27. The summed E-state index contributed by atoms with van der Waals surface area (Å²) in [5.74, 6) is -1.53. The third-order valence-corrected chi connectivity index (χ3v) is 7.59. The van der Waals surface area contributed by atoms with Crippen LogP contribution in [0.25, 0.3) is 0 Å². The highest BCUT2D eigenvalue weighted by molar-refractivity contribution is 5.95. The minimum absolute atomic E-state index is 0.236. The number of carbonyl (C=O) groups excluding carboxylic acids is 1. The maximum absolute atomic E-state index is 11.7. The summed E-state index contributed by atoms with van der Waals surface area (Å²) in [5, 5.41) is 9.57. The average Bonchev–Trinajstić information content (AvgIpc) is 2.91. The van der Waals surface area contributed by atoms with E-state index in [-0.39, 0.29) is 5.56 Å². The molecule has 3 aromatic rings. The van der Waals surface area contributed by atoms with Crippen molar-refractivity contribution in [3.05, 3.63) is 94.8 Å². The van der Waals surface area contributed by atoms with Crippen molar-refractivity contribution in [2.75, 3.05) is 18.0 Å². The molecular formula is C30H36N4O3. The van der Waals surface area contributed by atoms with Gasteiger partial charge in [0.15, 0.2) is 0 Å². The van der Waals surface area contributed by atoms with Crippen LogP contribution in [0.4, 0.5) is 5.69 Å². The first-order chi connectivity index (χ1) is 17.8. The standard InChI is InChI=1S/C30H36N4O3/c1-21-12-15-32-19-25(21)20-34(26-6-4-3-5-7-26)27-13-16-33(17-14-27)22(2)8-9-23-18-24(29(31)35)10-11-28(23)30(36)37/h3-7,10-12,15,18-19,22,27H,8-9,13-14,16-17,20H2,1-2H3,(H2,31,35)(H,36,37)/t22-/m1/s1. The predicted octanol–water partition coefficient (Wildman–Crippen LogP) is 4.68. The number of likely N-dealkylation sites (tertiary alicyclic amines) is 1. The Balaban J connectivity index is 1.40. The van der Waals surface area contributed by atoms with Crippen molar-refractivity contribution in [1.29, 1.82) is 0 Å². The Labute approximate surface area is 218 Å². The van der Waals surface area contributed by atoms with E-state index >= 15 is 0 Å². The van der Waals surface area contributed by atoms with E-state index in [1.807, 2.05) is 12.4 Å². The van der Waals surface area contributed by atoms with Gasteiger partial charge in [0, 0.05) is 55.4 Å². The average molecular weight is 501 g/mol. The van der Waals surface area contributed by atoms with Gasteiger partial charge in [-0.15, -0.1) is 0 Å². The second kappa shape index (κ2) is 12.0. The highest BCUT2D eigenvalue weighted by Crippen LogP contribution is 2.28. The predicted molar refractivity (Wildman–Crippen MR) is 146 cm³/mol. The number of carbonyl (C=O) groups is 2. The van der Waals surface area contributed by atoms with Gasteiger partial charge >= 0.3 is 5.97 Å². The van der Waals surface area contributed by atoms with Crippen molar-refractivity contribution in [3.8, 4) is 0 Å². The Bertz CT molecular complexity index is 1220. The Kier molecular flexibility index (Phi) is 8.56. The van der Waals surface area contributed by atoms with Crippen LogP contribution in [-0.4, -0.2) is 52.0 Å². The summed E-state index contributed by atoms with van der Waals surface area (Å²) < 4.78 is 0. The molecule has 3 N–H and O–H groups in total. The Morgan fingerprint density at radius 1 is 1.11 bits per heavy atom. The van der Waals surface area contributed by atoms with Gasteiger partial charge in [0.2, 0.25) is 5.91 Å². The SMILES string of the molecule is Cc1ccncc1CN(c1ccccc1)C1CCN([C@H](C)CCc2cc(C(N)=O)ccc2C(=O)O)CC1. The zero-order valence-electron chi connectivity index (χ0n) is 21.6. The van der Waals surface area contributed by atoms with Crippen molar-refractivity contribution in [2.24, 2.45) is 5.73 Å². The lowest BCUT2D eigenvalue weighted by molar-refractivity contribution is 0.0694. The Hall–Kier alpha value is -3.71. The smallest absolute Gasteiger partial charge is 0.335 e. The van der Waals surface area contributed by atoms with E-state index in [1.165, 1.54) is 28.9 Å². The number of aryl methyl sites for hydroxylation is 2. The van der Waals surface area contributed by atoms with E-state index in [2.05, 4.69) is 65.0 Å². The number of nitrogens with two attached hydrogens (primary N) is 1. The van der Waals surface area contributed by atoms with Gasteiger partial charge in [0.25, 0.3) is 0 Å². The maximum atomic E-state index is 11.7. The monoisotopic (exact) mass is 500 g/mol. The number of piperidine rings is 1. The number of carboxylic acids is 1. The van der Waals surface area contributed by atoms with E-state index in [0.717, 1.165) is 38.9 Å². The number of aromatic nitrogens is 1. The van der Waals surface area contributed by atoms with E-state index < -0.39 is 11.9 Å². The zero-order valence-corrected chi connectivity index (χ0v) is 21.6. The molecule has 0 aliphatic carbocycles. The van der Waals surface area contributed by atoms with Crippen LogP contribution in [0.15, 0.2) is 67.0 Å². The molecule has 1 aliphatic heterocycles. The third kappa shape index (κ3) is 6.54. The van der Waals surface area contributed by atoms with Gasteiger partial charge in [-0.1, -0.05) is 18.2 Å². The number of hydrogen-bond donors (Lipinski definition) is 2. The van der Waals surface area contributed by atoms with Crippen molar-refractivity contribution in [3.63, 3.8) is 0 Å². The second-order valence-corrected chi connectivity index (χ2v) is 9.96. The summed E-state index contributed by atoms with van der Waals surface area (Å²) in [5.41, 5.74) is 10.4. The molecule has 1 fully saturated rings. The molecule has 1 saturated heterocycles. The largest absolute Gasteiger partial charge is 0.478 e. The Morgan fingerprint density at radius 2 is 1.84 bits per heavy atom. The molecule has 4 rings (SSSR count). The summed E-state index contributed by atoms with van der Waals surface area (Å²) in [6.45, 7) is 7.13. The summed E-state index contributed by atoms with van der Waals surface area (Å²) in [6.07, 6.45) is 7.31. The molecule has 37 heavy (non-hydrogen) atoms. The molecule has 1 aliphatic rings. The van der Waals surface area contributed by atoms with Crippen LogP contribution in [0, 0.1) is 6.92 Å². The van der Waals surface area contributed by atoms with Gasteiger partial charge in [-0.2, -0.15) is 0 Å². The number of para-hydroxylation sites is 1. The fourth-order valence-electron chi connectivity index (χ4n) is 5.24. The minimum Gasteiger partial charge on any atom is -0.478 e. The van der Waals surface area contributed by atoms with Crippen LogP contribution in [0.2, 0.25) is 0 Å². The van der Waals surface area contributed by atoms with Gasteiger partial charge in [-0.05, 0) is 92.6 Å². The lowest BCUT2D eigenvalue weighted by atomic mass is 9.95.